The summed E-state index contributed by atoms with van der Waals surface area (Å²) in [5.74, 6) is -1.26. The minimum Gasteiger partial charge on any atom is -0.490 e. The molecule has 0 N–H and O–H groups in total. The molecule has 1 heterocycles. The molecule has 2 aromatic rings. The summed E-state index contributed by atoms with van der Waals surface area (Å²) in [6.45, 7) is 0.358. The van der Waals surface area contributed by atoms with E-state index >= 15 is 4.39 Å². The van der Waals surface area contributed by atoms with Crippen LogP contribution in [0.5, 0.6) is 5.75 Å². The number of hydrogen-bond acceptors (Lipinski definition) is 3. The van der Waals surface area contributed by atoms with E-state index in [1.165, 1.54) is 0 Å². The first-order chi connectivity index (χ1) is 13.9. The van der Waals surface area contributed by atoms with Crippen LogP contribution in [0.2, 0.25) is 5.02 Å². The van der Waals surface area contributed by atoms with Crippen LogP contribution < -0.4 is 4.74 Å². The lowest BCUT2D eigenvalue weighted by molar-refractivity contribution is 0.00646. The SMILES string of the molecule is O=C(Cl)OC[C@@H]1CCC[C@@]2(Cc3ccc(Cl)cc3)c3c(F)ccc(F)c3OCC12. The topological polar surface area (TPSA) is 35.5 Å². The molecule has 1 fully saturated rings. The molecule has 1 aliphatic carbocycles. The summed E-state index contributed by atoms with van der Waals surface area (Å²) in [5.41, 5.74) is -0.278. The summed E-state index contributed by atoms with van der Waals surface area (Å²) < 4.78 is 40.4. The minimum atomic E-state index is -0.867. The Morgan fingerprint density at radius 3 is 2.62 bits per heavy atom. The number of halogens is 4. The van der Waals surface area contributed by atoms with Crippen LogP contribution in [0.4, 0.5) is 13.6 Å². The van der Waals surface area contributed by atoms with Crippen LogP contribution in [0.1, 0.15) is 30.4 Å². The van der Waals surface area contributed by atoms with E-state index in [1.54, 1.807) is 12.1 Å². The van der Waals surface area contributed by atoms with Gasteiger partial charge >= 0.3 is 5.43 Å². The van der Waals surface area contributed by atoms with Gasteiger partial charge in [-0.15, -0.1) is 0 Å². The number of carbonyl (C=O) groups is 1. The number of rotatable bonds is 4. The third kappa shape index (κ3) is 3.82. The molecule has 29 heavy (non-hydrogen) atoms. The second-order valence-corrected chi connectivity index (χ2v) is 8.56. The molecule has 4 rings (SSSR count). The van der Waals surface area contributed by atoms with Gasteiger partial charge in [-0.25, -0.2) is 13.6 Å². The molecule has 7 heteroatoms. The third-order valence-corrected chi connectivity index (χ3v) is 6.65. The van der Waals surface area contributed by atoms with Gasteiger partial charge in [0.25, 0.3) is 0 Å². The highest BCUT2D eigenvalue weighted by Gasteiger charge is 2.52. The molecule has 154 valence electrons. The van der Waals surface area contributed by atoms with Crippen molar-refractivity contribution in [3.05, 3.63) is 64.2 Å². The van der Waals surface area contributed by atoms with E-state index in [1.807, 2.05) is 12.1 Å². The standard InChI is InChI=1S/C22H20Cl2F2O3/c23-15-5-3-13(4-6-15)10-22-9-1-2-14(11-29-21(24)27)16(22)12-28-20-18(26)8-7-17(25)19(20)22/h3-8,14,16H,1-2,9-12H2/t14-,16?,22-/m0/s1. The summed E-state index contributed by atoms with van der Waals surface area (Å²) >= 11 is 11.4. The fourth-order valence-corrected chi connectivity index (χ4v) is 5.27. The molecule has 0 spiro atoms. The van der Waals surface area contributed by atoms with Crippen LogP contribution >= 0.6 is 23.2 Å². The Bertz CT molecular complexity index is 919. The average Bonchev–Trinajstić information content (AvgIpc) is 2.70. The summed E-state index contributed by atoms with van der Waals surface area (Å²) in [4.78, 5) is 11.1. The largest absolute Gasteiger partial charge is 0.490 e. The van der Waals surface area contributed by atoms with Crippen LogP contribution in [0, 0.1) is 23.5 Å². The number of fused-ring (bicyclic) bond motifs is 3. The van der Waals surface area contributed by atoms with E-state index in [4.69, 9.17) is 32.7 Å². The van der Waals surface area contributed by atoms with Crippen LogP contribution in [-0.2, 0) is 16.6 Å². The highest BCUT2D eigenvalue weighted by molar-refractivity contribution is 6.61. The zero-order valence-electron chi connectivity index (χ0n) is 15.6. The summed E-state index contributed by atoms with van der Waals surface area (Å²) in [5, 5.41) is 0.614. The van der Waals surface area contributed by atoms with Gasteiger partial charge in [0.05, 0.1) is 13.2 Å². The predicted molar refractivity (Wildman–Crippen MR) is 107 cm³/mol. The van der Waals surface area contributed by atoms with Gasteiger partial charge in [-0.3, -0.25) is 0 Å². The summed E-state index contributed by atoms with van der Waals surface area (Å²) in [7, 11) is 0. The second-order valence-electron chi connectivity index (χ2n) is 7.81. The maximum Gasteiger partial charge on any atom is 0.403 e. The average molecular weight is 441 g/mol. The van der Waals surface area contributed by atoms with Crippen LogP contribution in [-0.4, -0.2) is 18.6 Å². The predicted octanol–water partition coefficient (Wildman–Crippen LogP) is 6.28. The molecule has 1 unspecified atom stereocenters. The Kier molecular flexibility index (Phi) is 5.71. The molecule has 0 radical (unpaired) electrons. The molecule has 0 aromatic heterocycles. The lowest BCUT2D eigenvalue weighted by atomic mass is 9.55. The first kappa shape index (κ1) is 20.4. The fourth-order valence-electron chi connectivity index (χ4n) is 5.08. The Morgan fingerprint density at radius 1 is 1.17 bits per heavy atom. The van der Waals surface area contributed by atoms with Crippen molar-refractivity contribution in [2.45, 2.75) is 31.1 Å². The second kappa shape index (κ2) is 8.11. The zero-order chi connectivity index (χ0) is 20.6. The maximum absolute atomic E-state index is 15.1. The lowest BCUT2D eigenvalue weighted by Crippen LogP contribution is -2.51. The molecular formula is C22H20Cl2F2O3. The van der Waals surface area contributed by atoms with Gasteiger partial charge in [0, 0.05) is 39.4 Å². The van der Waals surface area contributed by atoms with Crippen molar-refractivity contribution in [1.29, 1.82) is 0 Å². The number of carbonyl (C=O) groups excluding carboxylic acids is 1. The molecule has 0 amide bonds. The Hall–Kier alpha value is -1.85. The molecule has 0 bridgehead atoms. The third-order valence-electron chi connectivity index (χ3n) is 6.28. The van der Waals surface area contributed by atoms with Gasteiger partial charge in [0.2, 0.25) is 0 Å². The van der Waals surface area contributed by atoms with Crippen molar-refractivity contribution in [2.24, 2.45) is 11.8 Å². The Balaban J connectivity index is 1.81. The lowest BCUT2D eigenvalue weighted by Gasteiger charge is -2.51. The molecule has 1 aliphatic heterocycles. The van der Waals surface area contributed by atoms with E-state index in [-0.39, 0.29) is 36.4 Å². The smallest absolute Gasteiger partial charge is 0.403 e. The van der Waals surface area contributed by atoms with Crippen molar-refractivity contribution < 1.29 is 23.0 Å². The molecule has 2 aromatic carbocycles. The van der Waals surface area contributed by atoms with Gasteiger partial charge in [-0.05, 0) is 49.1 Å². The van der Waals surface area contributed by atoms with Crippen LogP contribution in [0.15, 0.2) is 36.4 Å². The summed E-state index contributed by atoms with van der Waals surface area (Å²) in [6.07, 6.45) is 2.79. The summed E-state index contributed by atoms with van der Waals surface area (Å²) in [6, 6.07) is 9.65. The minimum absolute atomic E-state index is 0.00907. The van der Waals surface area contributed by atoms with Gasteiger partial charge in [-0.1, -0.05) is 30.2 Å². The maximum atomic E-state index is 15.1. The first-order valence-electron chi connectivity index (χ1n) is 9.59. The first-order valence-corrected chi connectivity index (χ1v) is 10.3. The normalized spacial score (nSPS) is 25.5. The van der Waals surface area contributed by atoms with E-state index in [0.29, 0.717) is 17.9 Å². The molecule has 2 aliphatic rings. The van der Waals surface area contributed by atoms with E-state index in [9.17, 15) is 9.18 Å². The Labute approximate surface area is 177 Å². The molecule has 1 saturated carbocycles. The van der Waals surface area contributed by atoms with Crippen molar-refractivity contribution >= 4 is 28.6 Å². The van der Waals surface area contributed by atoms with Gasteiger partial charge < -0.3 is 9.47 Å². The number of benzene rings is 2. The van der Waals surface area contributed by atoms with Crippen molar-refractivity contribution in [3.63, 3.8) is 0 Å². The molecular weight excluding hydrogens is 421 g/mol. The zero-order valence-corrected chi connectivity index (χ0v) is 17.1. The highest BCUT2D eigenvalue weighted by atomic mass is 35.5. The number of ether oxygens (including phenoxy) is 2. The molecule has 3 nitrogen and oxygen atoms in total. The van der Waals surface area contributed by atoms with E-state index in [2.05, 4.69) is 0 Å². The monoisotopic (exact) mass is 440 g/mol. The Morgan fingerprint density at radius 2 is 1.90 bits per heavy atom. The van der Waals surface area contributed by atoms with Crippen molar-refractivity contribution in [3.8, 4) is 5.75 Å². The van der Waals surface area contributed by atoms with Crippen LogP contribution in [0.3, 0.4) is 0 Å². The van der Waals surface area contributed by atoms with Crippen LogP contribution in [0.25, 0.3) is 0 Å². The van der Waals surface area contributed by atoms with Gasteiger partial charge in [0.15, 0.2) is 11.6 Å². The van der Waals surface area contributed by atoms with Crippen molar-refractivity contribution in [1.82, 2.24) is 0 Å². The van der Waals surface area contributed by atoms with E-state index < -0.39 is 22.5 Å². The van der Waals surface area contributed by atoms with Gasteiger partial charge in [0.1, 0.15) is 5.82 Å². The van der Waals surface area contributed by atoms with Gasteiger partial charge in [-0.2, -0.15) is 0 Å². The highest BCUT2D eigenvalue weighted by Crippen LogP contribution is 2.55. The molecule has 0 saturated heterocycles. The van der Waals surface area contributed by atoms with Crippen molar-refractivity contribution in [2.75, 3.05) is 13.2 Å². The number of hydrogen-bond donors (Lipinski definition) is 0. The fraction of sp³-hybridized carbons (Fsp3) is 0.409. The molecule has 3 atom stereocenters. The van der Waals surface area contributed by atoms with E-state index in [0.717, 1.165) is 30.5 Å². The quantitative estimate of drug-likeness (QED) is 0.524.